The zero-order valence-electron chi connectivity index (χ0n) is 6.36. The first-order valence-electron chi connectivity index (χ1n) is 3.07. The third kappa shape index (κ3) is 2.20. The molecule has 1 rings (SSSR count). The molecule has 0 aliphatic carbocycles. The van der Waals surface area contributed by atoms with Crippen LogP contribution in [0.15, 0.2) is 6.20 Å². The Kier molecular flexibility index (Phi) is 2.41. The Balaban J connectivity index is 2.99. The van der Waals surface area contributed by atoms with Crippen LogP contribution in [0.3, 0.4) is 0 Å². The van der Waals surface area contributed by atoms with Crippen molar-refractivity contribution in [3.05, 3.63) is 16.9 Å². The Morgan fingerprint density at radius 2 is 2.33 bits per heavy atom. The van der Waals surface area contributed by atoms with Gasteiger partial charge in [0.05, 0.1) is 11.9 Å². The van der Waals surface area contributed by atoms with Crippen molar-refractivity contribution in [3.8, 4) is 0 Å². The number of primary sulfonamides is 1. The Morgan fingerprint density at radius 1 is 1.75 bits per heavy atom. The van der Waals surface area contributed by atoms with Crippen LogP contribution in [0.1, 0.15) is 5.56 Å². The van der Waals surface area contributed by atoms with Gasteiger partial charge in [0.1, 0.15) is 5.15 Å². The fraction of sp³-hybridized carbons (Fsp3) is 0.400. The second-order valence-corrected chi connectivity index (χ2v) is 4.36. The number of rotatable bonds is 2. The molecule has 2 N–H and O–H groups in total. The van der Waals surface area contributed by atoms with Crippen molar-refractivity contribution in [1.82, 2.24) is 9.78 Å². The van der Waals surface area contributed by atoms with Crippen molar-refractivity contribution in [2.24, 2.45) is 12.2 Å². The van der Waals surface area contributed by atoms with Crippen LogP contribution in [0.25, 0.3) is 0 Å². The number of nitrogens with zero attached hydrogens (tertiary/aromatic N) is 2. The second kappa shape index (κ2) is 3.04. The van der Waals surface area contributed by atoms with Gasteiger partial charge in [0.25, 0.3) is 0 Å². The monoisotopic (exact) mass is 209 g/mol. The molecule has 0 atom stereocenters. The molecule has 0 bridgehead atoms. The van der Waals surface area contributed by atoms with Gasteiger partial charge >= 0.3 is 0 Å². The zero-order valence-corrected chi connectivity index (χ0v) is 7.93. The molecule has 0 radical (unpaired) electrons. The molecule has 5 nitrogen and oxygen atoms in total. The summed E-state index contributed by atoms with van der Waals surface area (Å²) in [6.45, 7) is 0. The summed E-state index contributed by atoms with van der Waals surface area (Å²) < 4.78 is 22.7. The Morgan fingerprint density at radius 3 is 2.67 bits per heavy atom. The molecule has 1 aromatic rings. The first-order chi connectivity index (χ1) is 5.40. The lowest BCUT2D eigenvalue weighted by Crippen LogP contribution is -2.14. The maximum absolute atomic E-state index is 10.6. The van der Waals surface area contributed by atoms with Crippen molar-refractivity contribution in [2.45, 2.75) is 5.75 Å². The van der Waals surface area contributed by atoms with Gasteiger partial charge in [-0.2, -0.15) is 5.10 Å². The molecule has 0 spiro atoms. The van der Waals surface area contributed by atoms with Crippen molar-refractivity contribution in [2.75, 3.05) is 0 Å². The molecule has 0 saturated heterocycles. The summed E-state index contributed by atoms with van der Waals surface area (Å²) in [5, 5.41) is 8.88. The van der Waals surface area contributed by atoms with E-state index in [1.165, 1.54) is 10.9 Å². The van der Waals surface area contributed by atoms with Crippen LogP contribution in [-0.2, 0) is 22.8 Å². The lowest BCUT2D eigenvalue weighted by atomic mass is 10.4. The Labute approximate surface area is 75.2 Å². The van der Waals surface area contributed by atoms with Crippen LogP contribution in [0.5, 0.6) is 0 Å². The summed E-state index contributed by atoms with van der Waals surface area (Å²) in [4.78, 5) is 0. The molecule has 0 aliphatic heterocycles. The summed E-state index contributed by atoms with van der Waals surface area (Å²) in [5.74, 6) is -0.278. The highest BCUT2D eigenvalue weighted by molar-refractivity contribution is 7.88. The van der Waals surface area contributed by atoms with Crippen LogP contribution in [0, 0.1) is 0 Å². The summed E-state index contributed by atoms with van der Waals surface area (Å²) in [6.07, 6.45) is 1.38. The number of hydrogen-bond donors (Lipinski definition) is 1. The second-order valence-electron chi connectivity index (χ2n) is 2.39. The number of aromatic nitrogens is 2. The summed E-state index contributed by atoms with van der Waals surface area (Å²) in [6, 6.07) is 0. The van der Waals surface area contributed by atoms with Crippen LogP contribution in [0.4, 0.5) is 0 Å². The van der Waals surface area contributed by atoms with Crippen LogP contribution >= 0.6 is 11.6 Å². The number of nitrogens with two attached hydrogens (primary N) is 1. The summed E-state index contributed by atoms with van der Waals surface area (Å²) in [5.41, 5.74) is 0.418. The lowest BCUT2D eigenvalue weighted by molar-refractivity contribution is 0.597. The molecule has 0 amide bonds. The van der Waals surface area contributed by atoms with Crippen molar-refractivity contribution in [1.29, 1.82) is 0 Å². The SMILES string of the molecule is Cn1ncc(CS(N)(=O)=O)c1Cl. The molecule has 68 valence electrons. The van der Waals surface area contributed by atoms with E-state index in [-0.39, 0.29) is 5.75 Å². The fourth-order valence-corrected chi connectivity index (χ4v) is 1.66. The maximum atomic E-state index is 10.6. The first-order valence-corrected chi connectivity index (χ1v) is 5.16. The molecule has 0 aliphatic rings. The van der Waals surface area contributed by atoms with E-state index in [2.05, 4.69) is 5.10 Å². The first kappa shape index (κ1) is 9.50. The van der Waals surface area contributed by atoms with Gasteiger partial charge < -0.3 is 0 Å². The van der Waals surface area contributed by atoms with Crippen LogP contribution in [0.2, 0.25) is 5.15 Å². The van der Waals surface area contributed by atoms with E-state index in [9.17, 15) is 8.42 Å². The number of sulfonamides is 1. The number of hydrogen-bond acceptors (Lipinski definition) is 3. The highest BCUT2D eigenvalue weighted by Gasteiger charge is 2.11. The molecule has 0 fully saturated rings. The van der Waals surface area contributed by atoms with Crippen LogP contribution < -0.4 is 5.14 Å². The van der Waals surface area contributed by atoms with Gasteiger partial charge in [0.2, 0.25) is 10.0 Å². The highest BCUT2D eigenvalue weighted by atomic mass is 35.5. The smallest absolute Gasteiger partial charge is 0.213 e. The third-order valence-corrected chi connectivity index (χ3v) is 2.49. The van der Waals surface area contributed by atoms with Gasteiger partial charge in [0, 0.05) is 12.6 Å². The quantitative estimate of drug-likeness (QED) is 0.737. The summed E-state index contributed by atoms with van der Waals surface area (Å²) >= 11 is 5.70. The minimum Gasteiger partial charge on any atom is -0.257 e. The van der Waals surface area contributed by atoms with E-state index < -0.39 is 10.0 Å². The van der Waals surface area contributed by atoms with E-state index in [0.29, 0.717) is 10.7 Å². The highest BCUT2D eigenvalue weighted by Crippen LogP contribution is 2.15. The van der Waals surface area contributed by atoms with Crippen molar-refractivity contribution < 1.29 is 8.42 Å². The largest absolute Gasteiger partial charge is 0.257 e. The standard InChI is InChI=1S/C5H8ClN3O2S/c1-9-5(6)4(2-8-9)3-12(7,10)11/h2H,3H2,1H3,(H2,7,10,11). The third-order valence-electron chi connectivity index (χ3n) is 1.29. The van der Waals surface area contributed by atoms with Gasteiger partial charge in [-0.05, 0) is 0 Å². The van der Waals surface area contributed by atoms with Gasteiger partial charge in [-0.1, -0.05) is 11.6 Å². The molecule has 0 unspecified atom stereocenters. The normalized spacial score (nSPS) is 11.9. The summed E-state index contributed by atoms with van der Waals surface area (Å²) in [7, 11) is -1.90. The van der Waals surface area contributed by atoms with E-state index in [0.717, 1.165) is 0 Å². The van der Waals surface area contributed by atoms with E-state index in [1.54, 1.807) is 7.05 Å². The van der Waals surface area contributed by atoms with Gasteiger partial charge in [0.15, 0.2) is 0 Å². The van der Waals surface area contributed by atoms with E-state index in [4.69, 9.17) is 16.7 Å². The molecular weight excluding hydrogens is 202 g/mol. The molecule has 1 aromatic heterocycles. The van der Waals surface area contributed by atoms with Gasteiger partial charge in [-0.3, -0.25) is 4.68 Å². The topological polar surface area (TPSA) is 78.0 Å². The molecule has 0 aromatic carbocycles. The zero-order chi connectivity index (χ0) is 9.35. The van der Waals surface area contributed by atoms with E-state index in [1.807, 2.05) is 0 Å². The Bertz CT molecular complexity index is 383. The maximum Gasteiger partial charge on any atom is 0.213 e. The fourth-order valence-electron chi connectivity index (χ4n) is 0.782. The average molecular weight is 210 g/mol. The molecule has 0 saturated carbocycles. The number of halogens is 1. The molecule has 7 heteroatoms. The minimum absolute atomic E-state index is 0.278. The van der Waals surface area contributed by atoms with E-state index >= 15 is 0 Å². The van der Waals surface area contributed by atoms with Crippen molar-refractivity contribution in [3.63, 3.8) is 0 Å². The van der Waals surface area contributed by atoms with Crippen LogP contribution in [-0.4, -0.2) is 18.2 Å². The Hall–Kier alpha value is -0.590. The van der Waals surface area contributed by atoms with Crippen molar-refractivity contribution >= 4 is 21.6 Å². The molecule has 1 heterocycles. The number of aryl methyl sites for hydroxylation is 1. The average Bonchev–Trinajstić information content (AvgIpc) is 2.16. The molecular formula is C5H8ClN3O2S. The molecule has 12 heavy (non-hydrogen) atoms. The van der Waals surface area contributed by atoms with Gasteiger partial charge in [-0.25, -0.2) is 13.6 Å². The lowest BCUT2D eigenvalue weighted by Gasteiger charge is -1.95. The predicted octanol–water partition coefficient (Wildman–Crippen LogP) is -0.138. The minimum atomic E-state index is -3.52. The predicted molar refractivity (Wildman–Crippen MR) is 45.0 cm³/mol. The van der Waals surface area contributed by atoms with Gasteiger partial charge in [-0.15, -0.1) is 0 Å².